The maximum absolute atomic E-state index is 5.70. The van der Waals surface area contributed by atoms with Crippen LogP contribution in [0.2, 0.25) is 0 Å². The number of nitrogens with zero attached hydrogens (tertiary/aromatic N) is 3. The number of likely N-dealkylation sites (N-methyl/N-ethyl adjacent to an activating group) is 1. The van der Waals surface area contributed by atoms with Crippen LogP contribution < -0.4 is 10.6 Å². The van der Waals surface area contributed by atoms with E-state index in [0.717, 1.165) is 51.0 Å². The van der Waals surface area contributed by atoms with Crippen LogP contribution in [0.25, 0.3) is 0 Å². The van der Waals surface area contributed by atoms with Crippen molar-refractivity contribution in [2.45, 2.75) is 52.6 Å². The van der Waals surface area contributed by atoms with Crippen molar-refractivity contribution in [1.82, 2.24) is 20.4 Å². The minimum absolute atomic E-state index is 0.228. The van der Waals surface area contributed by atoms with Gasteiger partial charge >= 0.3 is 0 Å². The van der Waals surface area contributed by atoms with E-state index in [1.165, 1.54) is 12.8 Å². The van der Waals surface area contributed by atoms with E-state index in [0.29, 0.717) is 12.6 Å². The summed E-state index contributed by atoms with van der Waals surface area (Å²) in [6, 6.07) is 4.84. The Morgan fingerprint density at radius 3 is 2.62 bits per heavy atom. The van der Waals surface area contributed by atoms with E-state index in [-0.39, 0.29) is 6.04 Å². The first-order valence-electron chi connectivity index (χ1n) is 10.2. The third kappa shape index (κ3) is 6.32. The molecule has 0 spiro atoms. The molecule has 2 rings (SSSR count). The zero-order valence-electron chi connectivity index (χ0n) is 17.0. The van der Waals surface area contributed by atoms with Crippen LogP contribution in [0.15, 0.2) is 27.8 Å². The third-order valence-corrected chi connectivity index (χ3v) is 5.05. The Balaban J connectivity index is 1.94. The molecule has 1 aromatic rings. The molecule has 2 N–H and O–H groups in total. The summed E-state index contributed by atoms with van der Waals surface area (Å²) in [5.41, 5.74) is 0. The van der Waals surface area contributed by atoms with E-state index < -0.39 is 0 Å². The van der Waals surface area contributed by atoms with E-state index in [4.69, 9.17) is 9.41 Å². The van der Waals surface area contributed by atoms with Gasteiger partial charge in [-0.15, -0.1) is 0 Å². The highest BCUT2D eigenvalue weighted by atomic mass is 16.3. The van der Waals surface area contributed by atoms with Crippen molar-refractivity contribution in [2.75, 3.05) is 45.8 Å². The molecule has 2 heterocycles. The molecule has 0 aliphatic carbocycles. The van der Waals surface area contributed by atoms with E-state index in [9.17, 15) is 0 Å². The Hall–Kier alpha value is -1.53. The molecule has 1 fully saturated rings. The molecule has 1 atom stereocenters. The molecular formula is C20H37N5O. The zero-order chi connectivity index (χ0) is 18.8. The van der Waals surface area contributed by atoms with Crippen molar-refractivity contribution in [3.05, 3.63) is 24.2 Å². The molecule has 0 amide bonds. The van der Waals surface area contributed by atoms with E-state index in [2.05, 4.69) is 54.2 Å². The van der Waals surface area contributed by atoms with Gasteiger partial charge in [-0.1, -0.05) is 6.92 Å². The summed E-state index contributed by atoms with van der Waals surface area (Å²) in [5.74, 6) is 1.91. The number of guanidine groups is 1. The number of aliphatic imine (C=N–C) groups is 1. The molecule has 1 saturated heterocycles. The van der Waals surface area contributed by atoms with Gasteiger partial charge in [0.2, 0.25) is 0 Å². The van der Waals surface area contributed by atoms with Crippen molar-refractivity contribution in [1.29, 1.82) is 0 Å². The Bertz CT molecular complexity index is 508. The van der Waals surface area contributed by atoms with Gasteiger partial charge in [-0.2, -0.15) is 0 Å². The fraction of sp³-hybridized carbons (Fsp3) is 0.750. The molecule has 0 radical (unpaired) electrons. The second kappa shape index (κ2) is 11.2. The first-order chi connectivity index (χ1) is 12.7. The van der Waals surface area contributed by atoms with Crippen LogP contribution >= 0.6 is 0 Å². The highest BCUT2D eigenvalue weighted by Gasteiger charge is 2.25. The van der Waals surface area contributed by atoms with Crippen molar-refractivity contribution in [2.24, 2.45) is 4.99 Å². The highest BCUT2D eigenvalue weighted by Crippen LogP contribution is 2.25. The standard InChI is InChI=1S/C20H37N5O/c1-5-21-20(22-11-14-24(6-2)17(3)4)23-16-18(19-10-9-15-26-19)25-12-7-8-13-25/h9-10,15,17-18H,5-8,11-14,16H2,1-4H3,(H2,21,22,23). The lowest BCUT2D eigenvalue weighted by atomic mass is 10.2. The van der Waals surface area contributed by atoms with Gasteiger partial charge in [0.05, 0.1) is 18.8 Å². The van der Waals surface area contributed by atoms with Crippen LogP contribution in [0.3, 0.4) is 0 Å². The highest BCUT2D eigenvalue weighted by molar-refractivity contribution is 5.79. The van der Waals surface area contributed by atoms with Gasteiger partial charge in [-0.05, 0) is 65.4 Å². The molecule has 1 aliphatic rings. The van der Waals surface area contributed by atoms with Gasteiger partial charge in [-0.3, -0.25) is 14.8 Å². The normalized spacial score (nSPS) is 17.2. The van der Waals surface area contributed by atoms with Crippen molar-refractivity contribution >= 4 is 5.96 Å². The van der Waals surface area contributed by atoms with Crippen molar-refractivity contribution in [3.63, 3.8) is 0 Å². The van der Waals surface area contributed by atoms with Gasteiger partial charge < -0.3 is 15.1 Å². The molecular weight excluding hydrogens is 326 g/mol. The van der Waals surface area contributed by atoms with Crippen LogP contribution in [-0.2, 0) is 0 Å². The molecule has 1 aliphatic heterocycles. The zero-order valence-corrected chi connectivity index (χ0v) is 17.0. The van der Waals surface area contributed by atoms with Gasteiger partial charge in [0, 0.05) is 25.7 Å². The molecule has 26 heavy (non-hydrogen) atoms. The molecule has 6 heteroatoms. The maximum Gasteiger partial charge on any atom is 0.191 e. The summed E-state index contributed by atoms with van der Waals surface area (Å²) >= 11 is 0. The Morgan fingerprint density at radius 2 is 2.04 bits per heavy atom. The molecule has 148 valence electrons. The van der Waals surface area contributed by atoms with Crippen molar-refractivity contribution < 1.29 is 4.42 Å². The fourth-order valence-electron chi connectivity index (χ4n) is 3.54. The summed E-state index contributed by atoms with van der Waals surface area (Å²) in [4.78, 5) is 9.80. The number of likely N-dealkylation sites (tertiary alicyclic amines) is 1. The lowest BCUT2D eigenvalue weighted by Gasteiger charge is -2.26. The number of furan rings is 1. The van der Waals surface area contributed by atoms with Gasteiger partial charge in [0.1, 0.15) is 5.76 Å². The molecule has 0 saturated carbocycles. The SMILES string of the molecule is CCNC(=NCC(c1ccco1)N1CCCC1)NCCN(CC)C(C)C. The Labute approximate surface area is 159 Å². The predicted molar refractivity (Wildman–Crippen MR) is 109 cm³/mol. The number of hydrogen-bond acceptors (Lipinski definition) is 4. The van der Waals surface area contributed by atoms with E-state index in [1.54, 1.807) is 6.26 Å². The second-order valence-electron chi connectivity index (χ2n) is 7.14. The number of nitrogens with one attached hydrogen (secondary N) is 2. The quantitative estimate of drug-likeness (QED) is 0.494. The fourth-order valence-corrected chi connectivity index (χ4v) is 3.54. The molecule has 1 aromatic heterocycles. The van der Waals surface area contributed by atoms with Gasteiger partial charge in [0.15, 0.2) is 5.96 Å². The number of rotatable bonds is 10. The molecule has 0 aromatic carbocycles. The summed E-state index contributed by atoms with van der Waals surface area (Å²) in [7, 11) is 0. The average Bonchev–Trinajstić information content (AvgIpc) is 3.32. The third-order valence-electron chi connectivity index (χ3n) is 5.05. The Kier molecular flexibility index (Phi) is 8.98. The number of hydrogen-bond donors (Lipinski definition) is 2. The average molecular weight is 364 g/mol. The summed E-state index contributed by atoms with van der Waals surface area (Å²) < 4.78 is 5.70. The first kappa shape index (κ1) is 20.8. The smallest absolute Gasteiger partial charge is 0.191 e. The van der Waals surface area contributed by atoms with Gasteiger partial charge in [-0.25, -0.2) is 0 Å². The molecule has 0 bridgehead atoms. The maximum atomic E-state index is 5.70. The summed E-state index contributed by atoms with van der Waals surface area (Å²) in [6.07, 6.45) is 4.29. The van der Waals surface area contributed by atoms with Crippen LogP contribution in [-0.4, -0.2) is 67.6 Å². The minimum atomic E-state index is 0.228. The van der Waals surface area contributed by atoms with Gasteiger partial charge in [0.25, 0.3) is 0 Å². The minimum Gasteiger partial charge on any atom is -0.468 e. The van der Waals surface area contributed by atoms with Crippen LogP contribution in [0.5, 0.6) is 0 Å². The van der Waals surface area contributed by atoms with Crippen LogP contribution in [0.1, 0.15) is 52.3 Å². The summed E-state index contributed by atoms with van der Waals surface area (Å²) in [5, 5.41) is 6.85. The Morgan fingerprint density at radius 1 is 1.27 bits per heavy atom. The first-order valence-corrected chi connectivity index (χ1v) is 10.2. The molecule has 1 unspecified atom stereocenters. The van der Waals surface area contributed by atoms with Crippen LogP contribution in [0.4, 0.5) is 0 Å². The van der Waals surface area contributed by atoms with Crippen LogP contribution in [0, 0.1) is 0 Å². The summed E-state index contributed by atoms with van der Waals surface area (Å²) in [6.45, 7) is 15.6. The lowest BCUT2D eigenvalue weighted by molar-refractivity contribution is 0.221. The largest absolute Gasteiger partial charge is 0.468 e. The topological polar surface area (TPSA) is 56.0 Å². The molecule has 6 nitrogen and oxygen atoms in total. The van der Waals surface area contributed by atoms with E-state index in [1.807, 2.05) is 6.07 Å². The second-order valence-corrected chi connectivity index (χ2v) is 7.14. The van der Waals surface area contributed by atoms with Crippen molar-refractivity contribution in [3.8, 4) is 0 Å². The lowest BCUT2D eigenvalue weighted by Crippen LogP contribution is -2.43. The van der Waals surface area contributed by atoms with E-state index >= 15 is 0 Å². The predicted octanol–water partition coefficient (Wildman–Crippen LogP) is 2.70. The monoisotopic (exact) mass is 363 g/mol.